The van der Waals surface area contributed by atoms with Crippen molar-refractivity contribution in [3.05, 3.63) is 51.7 Å². The SMILES string of the molecule is Cc1cc(Nc2cc(F)ccc2C)c(Br)cc1N. The van der Waals surface area contributed by atoms with Crippen LogP contribution in [-0.2, 0) is 0 Å². The maximum absolute atomic E-state index is 13.2. The normalized spacial score (nSPS) is 10.4. The van der Waals surface area contributed by atoms with Gasteiger partial charge in [-0.3, -0.25) is 0 Å². The van der Waals surface area contributed by atoms with E-state index < -0.39 is 0 Å². The summed E-state index contributed by atoms with van der Waals surface area (Å²) in [6, 6.07) is 8.45. The van der Waals surface area contributed by atoms with Crippen molar-refractivity contribution in [1.29, 1.82) is 0 Å². The zero-order valence-corrected chi connectivity index (χ0v) is 11.8. The molecule has 0 aliphatic carbocycles. The average Bonchev–Trinajstić information content (AvgIpc) is 2.30. The molecule has 0 aliphatic rings. The van der Waals surface area contributed by atoms with E-state index in [4.69, 9.17) is 5.73 Å². The number of nitrogens with one attached hydrogen (secondary N) is 1. The lowest BCUT2D eigenvalue weighted by molar-refractivity contribution is 0.628. The van der Waals surface area contributed by atoms with Crippen molar-refractivity contribution in [2.45, 2.75) is 13.8 Å². The lowest BCUT2D eigenvalue weighted by Gasteiger charge is -2.13. The van der Waals surface area contributed by atoms with Gasteiger partial charge in [-0.15, -0.1) is 0 Å². The second-order valence-electron chi connectivity index (χ2n) is 4.27. The number of rotatable bonds is 2. The van der Waals surface area contributed by atoms with Crippen LogP contribution in [0.15, 0.2) is 34.8 Å². The van der Waals surface area contributed by atoms with E-state index in [2.05, 4.69) is 21.2 Å². The molecule has 4 heteroatoms. The quantitative estimate of drug-likeness (QED) is 0.800. The van der Waals surface area contributed by atoms with Crippen LogP contribution in [0.2, 0.25) is 0 Å². The number of benzene rings is 2. The Morgan fingerprint density at radius 3 is 2.50 bits per heavy atom. The van der Waals surface area contributed by atoms with Gasteiger partial charge in [0, 0.05) is 15.8 Å². The minimum Gasteiger partial charge on any atom is -0.398 e. The van der Waals surface area contributed by atoms with Gasteiger partial charge in [-0.05, 0) is 65.2 Å². The van der Waals surface area contributed by atoms with E-state index in [9.17, 15) is 4.39 Å². The van der Waals surface area contributed by atoms with Crippen LogP contribution in [0.25, 0.3) is 0 Å². The molecular weight excluding hydrogens is 295 g/mol. The van der Waals surface area contributed by atoms with E-state index in [1.165, 1.54) is 12.1 Å². The summed E-state index contributed by atoms with van der Waals surface area (Å²) < 4.78 is 14.1. The predicted octanol–water partition coefficient (Wildman–Crippen LogP) is 4.53. The smallest absolute Gasteiger partial charge is 0.125 e. The predicted molar refractivity (Wildman–Crippen MR) is 77.7 cm³/mol. The topological polar surface area (TPSA) is 38.0 Å². The van der Waals surface area contributed by atoms with Crippen molar-refractivity contribution in [2.75, 3.05) is 11.1 Å². The van der Waals surface area contributed by atoms with Crippen molar-refractivity contribution in [1.82, 2.24) is 0 Å². The first-order chi connectivity index (χ1) is 8.47. The van der Waals surface area contributed by atoms with E-state index >= 15 is 0 Å². The van der Waals surface area contributed by atoms with Gasteiger partial charge in [0.05, 0.1) is 5.69 Å². The molecule has 18 heavy (non-hydrogen) atoms. The molecule has 2 aromatic rings. The summed E-state index contributed by atoms with van der Waals surface area (Å²) in [6.45, 7) is 3.87. The lowest BCUT2D eigenvalue weighted by atomic mass is 10.1. The molecule has 0 aromatic heterocycles. The van der Waals surface area contributed by atoms with Gasteiger partial charge in [-0.1, -0.05) is 6.07 Å². The van der Waals surface area contributed by atoms with Crippen molar-refractivity contribution in [2.24, 2.45) is 0 Å². The Bertz CT molecular complexity index is 597. The Labute approximate surface area is 114 Å². The van der Waals surface area contributed by atoms with Crippen LogP contribution in [0.3, 0.4) is 0 Å². The molecule has 3 N–H and O–H groups in total. The van der Waals surface area contributed by atoms with Crippen LogP contribution in [0.1, 0.15) is 11.1 Å². The number of aryl methyl sites for hydroxylation is 2. The Kier molecular flexibility index (Phi) is 3.57. The van der Waals surface area contributed by atoms with Crippen LogP contribution in [0.4, 0.5) is 21.5 Å². The Hall–Kier alpha value is -1.55. The maximum atomic E-state index is 13.2. The monoisotopic (exact) mass is 308 g/mol. The van der Waals surface area contributed by atoms with Gasteiger partial charge in [-0.25, -0.2) is 4.39 Å². The van der Waals surface area contributed by atoms with Gasteiger partial charge in [-0.2, -0.15) is 0 Å². The minimum atomic E-state index is -0.258. The van der Waals surface area contributed by atoms with E-state index in [0.717, 1.165) is 32.7 Å². The summed E-state index contributed by atoms with van der Waals surface area (Å²) in [5, 5.41) is 3.21. The Morgan fingerprint density at radius 1 is 1.06 bits per heavy atom. The Balaban J connectivity index is 2.40. The number of hydrogen-bond donors (Lipinski definition) is 2. The molecule has 2 rings (SSSR count). The molecule has 0 bridgehead atoms. The highest BCUT2D eigenvalue weighted by molar-refractivity contribution is 9.10. The molecule has 94 valence electrons. The summed E-state index contributed by atoms with van der Waals surface area (Å²) in [6.07, 6.45) is 0. The minimum absolute atomic E-state index is 0.258. The van der Waals surface area contributed by atoms with E-state index in [0.29, 0.717) is 0 Å². The highest BCUT2D eigenvalue weighted by Crippen LogP contribution is 2.31. The fraction of sp³-hybridized carbons (Fsp3) is 0.143. The van der Waals surface area contributed by atoms with Crippen molar-refractivity contribution < 1.29 is 4.39 Å². The molecule has 0 atom stereocenters. The number of nitrogens with two attached hydrogens (primary N) is 1. The molecule has 0 amide bonds. The lowest BCUT2D eigenvalue weighted by Crippen LogP contribution is -1.97. The molecule has 0 saturated carbocycles. The molecule has 0 saturated heterocycles. The highest BCUT2D eigenvalue weighted by Gasteiger charge is 2.06. The summed E-state index contributed by atoms with van der Waals surface area (Å²) in [4.78, 5) is 0. The average molecular weight is 309 g/mol. The fourth-order valence-electron chi connectivity index (χ4n) is 1.67. The van der Waals surface area contributed by atoms with Crippen molar-refractivity contribution >= 4 is 33.0 Å². The zero-order chi connectivity index (χ0) is 13.3. The van der Waals surface area contributed by atoms with Gasteiger partial charge in [0.2, 0.25) is 0 Å². The van der Waals surface area contributed by atoms with Gasteiger partial charge >= 0.3 is 0 Å². The zero-order valence-electron chi connectivity index (χ0n) is 10.2. The van der Waals surface area contributed by atoms with Crippen LogP contribution < -0.4 is 11.1 Å². The third-order valence-corrected chi connectivity index (χ3v) is 3.48. The van der Waals surface area contributed by atoms with E-state index in [-0.39, 0.29) is 5.82 Å². The van der Waals surface area contributed by atoms with Crippen molar-refractivity contribution in [3.63, 3.8) is 0 Å². The molecule has 2 nitrogen and oxygen atoms in total. The maximum Gasteiger partial charge on any atom is 0.125 e. The summed E-state index contributed by atoms with van der Waals surface area (Å²) >= 11 is 3.45. The number of nitrogen functional groups attached to an aromatic ring is 1. The van der Waals surface area contributed by atoms with Crippen molar-refractivity contribution in [3.8, 4) is 0 Å². The molecular formula is C14H14BrFN2. The van der Waals surface area contributed by atoms with Gasteiger partial charge in [0.15, 0.2) is 0 Å². The molecule has 0 radical (unpaired) electrons. The number of hydrogen-bond acceptors (Lipinski definition) is 2. The summed E-state index contributed by atoms with van der Waals surface area (Å²) in [5.74, 6) is -0.258. The fourth-order valence-corrected chi connectivity index (χ4v) is 2.13. The number of halogens is 2. The summed E-state index contributed by atoms with van der Waals surface area (Å²) in [5.41, 5.74) is 10.1. The Morgan fingerprint density at radius 2 is 1.78 bits per heavy atom. The number of anilines is 3. The molecule has 0 unspecified atom stereocenters. The molecule has 0 heterocycles. The van der Waals surface area contributed by atoms with Crippen LogP contribution >= 0.6 is 15.9 Å². The second-order valence-corrected chi connectivity index (χ2v) is 5.13. The molecule has 2 aromatic carbocycles. The molecule has 0 spiro atoms. The van der Waals surface area contributed by atoms with Gasteiger partial charge in [0.1, 0.15) is 5.82 Å². The first kappa shape index (κ1) is 12.9. The van der Waals surface area contributed by atoms with Crippen LogP contribution in [0.5, 0.6) is 0 Å². The largest absolute Gasteiger partial charge is 0.398 e. The summed E-state index contributed by atoms with van der Waals surface area (Å²) in [7, 11) is 0. The second kappa shape index (κ2) is 4.98. The van der Waals surface area contributed by atoms with Crippen LogP contribution in [0, 0.1) is 19.7 Å². The highest BCUT2D eigenvalue weighted by atomic mass is 79.9. The first-order valence-corrected chi connectivity index (χ1v) is 6.35. The van der Waals surface area contributed by atoms with E-state index in [1.807, 2.05) is 26.0 Å². The first-order valence-electron chi connectivity index (χ1n) is 5.56. The third-order valence-electron chi connectivity index (χ3n) is 2.82. The standard InChI is InChI=1S/C14H14BrFN2/c1-8-3-4-10(16)6-13(8)18-14-5-9(2)12(17)7-11(14)15/h3-7,18H,17H2,1-2H3. The van der Waals surface area contributed by atoms with Crippen LogP contribution in [-0.4, -0.2) is 0 Å². The van der Waals surface area contributed by atoms with E-state index in [1.54, 1.807) is 6.07 Å². The molecule has 0 aliphatic heterocycles. The van der Waals surface area contributed by atoms with Gasteiger partial charge < -0.3 is 11.1 Å². The van der Waals surface area contributed by atoms with Gasteiger partial charge in [0.25, 0.3) is 0 Å². The molecule has 0 fully saturated rings. The third kappa shape index (κ3) is 2.64.